The molecule has 0 radical (unpaired) electrons. The minimum atomic E-state index is -4.05. The van der Waals surface area contributed by atoms with Gasteiger partial charge in [-0.2, -0.15) is 0 Å². The number of halogens is 1. The van der Waals surface area contributed by atoms with Crippen LogP contribution in [0.2, 0.25) is 5.02 Å². The van der Waals surface area contributed by atoms with Gasteiger partial charge >= 0.3 is 5.97 Å². The molecule has 2 rings (SSSR count). The minimum Gasteiger partial charge on any atom is -0.478 e. The second kappa shape index (κ2) is 7.35. The second-order valence-corrected chi connectivity index (χ2v) is 7.66. The summed E-state index contributed by atoms with van der Waals surface area (Å²) in [6.07, 6.45) is 0. The Morgan fingerprint density at radius 1 is 1.12 bits per heavy atom. The number of carboxylic acid groups (broad SMARTS) is 1. The third-order valence-corrected chi connectivity index (χ3v) is 5.67. The largest absolute Gasteiger partial charge is 0.478 e. The number of nitrogens with one attached hydrogen (secondary N) is 2. The molecule has 0 fully saturated rings. The molecule has 0 heterocycles. The number of carboxylic acids is 1. The lowest BCUT2D eigenvalue weighted by Crippen LogP contribution is -2.19. The highest BCUT2D eigenvalue weighted by atomic mass is 35.5. The first kappa shape index (κ1) is 19.7. The fraction of sp³-hybridized carbons (Fsp3) is 0.176. The van der Waals surface area contributed by atoms with Crippen LogP contribution in [0.5, 0.6) is 0 Å². The van der Waals surface area contributed by atoms with Crippen LogP contribution in [0.1, 0.15) is 31.8 Å². The molecule has 2 aromatic rings. The van der Waals surface area contributed by atoms with Crippen molar-refractivity contribution in [3.8, 4) is 0 Å². The van der Waals surface area contributed by atoms with Gasteiger partial charge in [0.25, 0.3) is 15.9 Å². The SMILES string of the molecule is CNC(=O)c1ccc(NS(=O)(=O)c2cc(C(=O)O)cc(C)c2C)cc1Cl. The van der Waals surface area contributed by atoms with Gasteiger partial charge in [0, 0.05) is 7.05 Å². The molecule has 0 bridgehead atoms. The number of aromatic carboxylic acids is 1. The van der Waals surface area contributed by atoms with Gasteiger partial charge in [-0.15, -0.1) is 0 Å². The maximum Gasteiger partial charge on any atom is 0.335 e. The molecule has 26 heavy (non-hydrogen) atoms. The lowest BCUT2D eigenvalue weighted by atomic mass is 10.1. The molecular weight excluding hydrogens is 380 g/mol. The predicted molar refractivity (Wildman–Crippen MR) is 98.5 cm³/mol. The fourth-order valence-corrected chi connectivity index (χ4v) is 4.00. The van der Waals surface area contributed by atoms with Crippen molar-refractivity contribution in [3.63, 3.8) is 0 Å². The number of hydrogen-bond donors (Lipinski definition) is 3. The molecule has 0 aliphatic heterocycles. The molecule has 0 aromatic heterocycles. The molecule has 0 spiro atoms. The number of carbonyl (C=O) groups excluding carboxylic acids is 1. The van der Waals surface area contributed by atoms with Crippen molar-refractivity contribution in [3.05, 3.63) is 57.6 Å². The molecule has 0 unspecified atom stereocenters. The van der Waals surface area contributed by atoms with Crippen molar-refractivity contribution in [2.75, 3.05) is 11.8 Å². The number of carbonyl (C=O) groups is 2. The summed E-state index contributed by atoms with van der Waals surface area (Å²) < 4.78 is 27.8. The molecule has 3 N–H and O–H groups in total. The normalized spacial score (nSPS) is 11.1. The van der Waals surface area contributed by atoms with E-state index < -0.39 is 21.9 Å². The number of amides is 1. The first-order valence-electron chi connectivity index (χ1n) is 7.46. The van der Waals surface area contributed by atoms with Gasteiger partial charge in [0.2, 0.25) is 0 Å². The van der Waals surface area contributed by atoms with Crippen molar-refractivity contribution in [1.82, 2.24) is 5.32 Å². The third-order valence-electron chi connectivity index (χ3n) is 3.85. The highest BCUT2D eigenvalue weighted by Crippen LogP contribution is 2.26. The lowest BCUT2D eigenvalue weighted by Gasteiger charge is -2.14. The summed E-state index contributed by atoms with van der Waals surface area (Å²) in [7, 11) is -2.60. The zero-order valence-corrected chi connectivity index (χ0v) is 15.8. The fourth-order valence-electron chi connectivity index (χ4n) is 2.34. The summed E-state index contributed by atoms with van der Waals surface area (Å²) >= 11 is 6.03. The zero-order chi connectivity index (χ0) is 19.6. The van der Waals surface area contributed by atoms with Crippen molar-refractivity contribution in [2.45, 2.75) is 18.7 Å². The highest BCUT2D eigenvalue weighted by Gasteiger charge is 2.21. The molecule has 7 nitrogen and oxygen atoms in total. The third kappa shape index (κ3) is 3.97. The van der Waals surface area contributed by atoms with E-state index in [-0.39, 0.29) is 26.7 Å². The van der Waals surface area contributed by atoms with Crippen molar-refractivity contribution in [1.29, 1.82) is 0 Å². The van der Waals surface area contributed by atoms with Crippen LogP contribution in [0.15, 0.2) is 35.2 Å². The summed E-state index contributed by atoms with van der Waals surface area (Å²) in [5.41, 5.74) is 1.22. The summed E-state index contributed by atoms with van der Waals surface area (Å²) in [6, 6.07) is 6.62. The Morgan fingerprint density at radius 2 is 1.77 bits per heavy atom. The van der Waals surface area contributed by atoms with Crippen LogP contribution in [-0.4, -0.2) is 32.4 Å². The maximum atomic E-state index is 12.7. The molecule has 1 amide bonds. The van der Waals surface area contributed by atoms with E-state index in [0.717, 1.165) is 6.07 Å². The molecule has 0 saturated carbocycles. The average Bonchev–Trinajstić information content (AvgIpc) is 2.55. The second-order valence-electron chi connectivity index (χ2n) is 5.60. The number of aryl methyl sites for hydroxylation is 1. The van der Waals surface area contributed by atoms with Crippen LogP contribution < -0.4 is 10.0 Å². The highest BCUT2D eigenvalue weighted by molar-refractivity contribution is 7.92. The number of benzene rings is 2. The van der Waals surface area contributed by atoms with Gasteiger partial charge in [-0.3, -0.25) is 9.52 Å². The Hall–Kier alpha value is -2.58. The number of sulfonamides is 1. The lowest BCUT2D eigenvalue weighted by molar-refractivity contribution is 0.0696. The van der Waals surface area contributed by atoms with Crippen LogP contribution >= 0.6 is 11.6 Å². The van der Waals surface area contributed by atoms with Crippen LogP contribution in [0.25, 0.3) is 0 Å². The quantitative estimate of drug-likeness (QED) is 0.719. The molecule has 138 valence electrons. The van der Waals surface area contributed by atoms with Crippen LogP contribution in [-0.2, 0) is 10.0 Å². The number of hydrogen-bond acceptors (Lipinski definition) is 4. The van der Waals surface area contributed by atoms with E-state index in [0.29, 0.717) is 11.1 Å². The van der Waals surface area contributed by atoms with Crippen LogP contribution in [0, 0.1) is 13.8 Å². The topological polar surface area (TPSA) is 113 Å². The van der Waals surface area contributed by atoms with E-state index in [2.05, 4.69) is 10.0 Å². The van der Waals surface area contributed by atoms with Gasteiger partial charge in [-0.25, -0.2) is 13.2 Å². The van der Waals surface area contributed by atoms with Gasteiger partial charge in [0.1, 0.15) is 0 Å². The number of rotatable bonds is 5. The van der Waals surface area contributed by atoms with Crippen molar-refractivity contribution in [2.24, 2.45) is 0 Å². The Bertz CT molecular complexity index is 1000. The Labute approximate surface area is 156 Å². The van der Waals surface area contributed by atoms with E-state index in [1.54, 1.807) is 13.8 Å². The predicted octanol–water partition coefficient (Wildman–Crippen LogP) is 2.82. The Balaban J connectivity index is 2.45. The van der Waals surface area contributed by atoms with Crippen molar-refractivity contribution < 1.29 is 23.1 Å². The first-order valence-corrected chi connectivity index (χ1v) is 9.32. The van der Waals surface area contributed by atoms with Crippen LogP contribution in [0.3, 0.4) is 0 Å². The molecular formula is C17H17ClN2O5S. The van der Waals surface area contributed by atoms with E-state index in [1.165, 1.54) is 31.3 Å². The standard InChI is InChI=1S/C17H17ClN2O5S/c1-9-6-11(17(22)23)7-15(10(9)2)26(24,25)20-12-4-5-13(14(18)8-12)16(21)19-3/h4-8,20H,1-3H3,(H,19,21)(H,22,23). The van der Waals surface area contributed by atoms with Gasteiger partial charge in [0.15, 0.2) is 0 Å². The zero-order valence-electron chi connectivity index (χ0n) is 14.3. The van der Waals surface area contributed by atoms with Gasteiger partial charge in [-0.05, 0) is 55.3 Å². The first-order chi connectivity index (χ1) is 12.1. The number of anilines is 1. The Kier molecular flexibility index (Phi) is 5.58. The molecule has 0 atom stereocenters. The monoisotopic (exact) mass is 396 g/mol. The summed E-state index contributed by atoms with van der Waals surface area (Å²) in [5.74, 6) is -1.62. The average molecular weight is 397 g/mol. The van der Waals surface area contributed by atoms with E-state index in [4.69, 9.17) is 16.7 Å². The molecule has 2 aromatic carbocycles. The van der Waals surface area contributed by atoms with E-state index in [9.17, 15) is 18.0 Å². The van der Waals surface area contributed by atoms with Crippen molar-refractivity contribution >= 4 is 39.2 Å². The minimum absolute atomic E-state index is 0.0803. The smallest absolute Gasteiger partial charge is 0.335 e. The van der Waals surface area contributed by atoms with Gasteiger partial charge in [0.05, 0.1) is 26.7 Å². The van der Waals surface area contributed by atoms with Gasteiger partial charge < -0.3 is 10.4 Å². The molecule has 0 saturated heterocycles. The van der Waals surface area contributed by atoms with E-state index in [1.807, 2.05) is 0 Å². The summed E-state index contributed by atoms with van der Waals surface area (Å²) in [6.45, 7) is 3.23. The molecule has 0 aliphatic carbocycles. The Morgan fingerprint density at radius 3 is 2.31 bits per heavy atom. The molecule has 9 heteroatoms. The summed E-state index contributed by atoms with van der Waals surface area (Å²) in [4.78, 5) is 22.7. The summed E-state index contributed by atoms with van der Waals surface area (Å²) in [5, 5.41) is 11.7. The van der Waals surface area contributed by atoms with Gasteiger partial charge in [-0.1, -0.05) is 11.6 Å². The van der Waals surface area contributed by atoms with Crippen LogP contribution in [0.4, 0.5) is 5.69 Å². The molecule has 0 aliphatic rings. The maximum absolute atomic E-state index is 12.7. The van der Waals surface area contributed by atoms with E-state index >= 15 is 0 Å².